The summed E-state index contributed by atoms with van der Waals surface area (Å²) in [7, 11) is 0. The lowest BCUT2D eigenvalue weighted by Gasteiger charge is -2.12. The average Bonchev–Trinajstić information content (AvgIpc) is 4.11. The third-order valence-corrected chi connectivity index (χ3v) is 11.8. The van der Waals surface area contributed by atoms with Crippen LogP contribution < -0.4 is 9.47 Å². The molecule has 4 heterocycles. The van der Waals surface area contributed by atoms with Crippen LogP contribution >= 0.6 is 46.4 Å². The van der Waals surface area contributed by atoms with Gasteiger partial charge in [-0.1, -0.05) is 67.6 Å². The number of aromatic nitrogens is 4. The maximum atomic E-state index is 13.2. The number of rotatable bonds is 18. The van der Waals surface area contributed by atoms with Crippen molar-refractivity contribution >= 4 is 102 Å². The summed E-state index contributed by atoms with van der Waals surface area (Å²) in [6.45, 7) is 5.76. The molecule has 22 heteroatoms. The number of carboxylic acids is 2. The van der Waals surface area contributed by atoms with E-state index in [9.17, 15) is 35.9 Å². The van der Waals surface area contributed by atoms with Gasteiger partial charge in [-0.2, -0.15) is 26.3 Å². The highest BCUT2D eigenvalue weighted by atomic mass is 35.5. The molecule has 0 aliphatic heterocycles. The van der Waals surface area contributed by atoms with Crippen molar-refractivity contribution in [3.05, 3.63) is 117 Å². The molecule has 0 fully saturated rings. The van der Waals surface area contributed by atoms with Crippen LogP contribution in [0.1, 0.15) is 80.6 Å². The summed E-state index contributed by atoms with van der Waals surface area (Å²) in [5.41, 5.74) is 2.18. The number of benzene rings is 4. The predicted molar refractivity (Wildman–Crippen MR) is 266 cm³/mol. The number of halogens is 10. The number of hydrogen-bond donors (Lipinski definition) is 2. The van der Waals surface area contributed by atoms with Gasteiger partial charge in [-0.05, 0) is 108 Å². The zero-order valence-electron chi connectivity index (χ0n) is 38.0. The predicted octanol–water partition coefficient (Wildman–Crippen LogP) is 15.1. The lowest BCUT2D eigenvalue weighted by Crippen LogP contribution is -2.07. The zero-order valence-corrected chi connectivity index (χ0v) is 41.1. The van der Waals surface area contributed by atoms with Crippen molar-refractivity contribution in [2.75, 3.05) is 18.6 Å². The van der Waals surface area contributed by atoms with Crippen LogP contribution in [0.4, 0.5) is 26.3 Å². The molecule has 0 amide bonds. The minimum Gasteiger partial charge on any atom is -0.493 e. The molecule has 4 aromatic carbocycles. The van der Waals surface area contributed by atoms with Crippen LogP contribution in [0, 0.1) is 0 Å². The number of aryl methyl sites for hydroxylation is 4. The molecule has 0 spiro atoms. The number of alkyl halides is 8. The Hall–Kier alpha value is -5.82. The molecular weight excluding hydrogens is 1040 g/mol. The molecule has 0 unspecified atom stereocenters. The maximum Gasteiger partial charge on any atom is 0.437 e. The van der Waals surface area contributed by atoms with Crippen LogP contribution in [0.3, 0.4) is 0 Å². The SMILES string of the molecule is C.CCCc1c(OCCCn2ccc3cc(CC(=O)O)c(Cl)cc32)ccc2c(C(F)(F)F)noc12.CCCc1c(OCCCn2ccc3cc(CC(=O)O)c(Cl)cc32)ccc2c(C(F)(F)F)noc12.ClCCl. The van der Waals surface area contributed by atoms with Crippen LogP contribution in [0.2, 0.25) is 10.0 Å². The van der Waals surface area contributed by atoms with Gasteiger partial charge in [0.2, 0.25) is 0 Å². The van der Waals surface area contributed by atoms with Crippen LogP contribution in [0.15, 0.2) is 82.1 Å². The Bertz CT molecular complexity index is 2920. The molecule has 8 aromatic rings. The Balaban J connectivity index is 0.000000250. The second kappa shape index (κ2) is 25.2. The molecule has 0 saturated carbocycles. The van der Waals surface area contributed by atoms with Gasteiger partial charge >= 0.3 is 24.3 Å². The summed E-state index contributed by atoms with van der Waals surface area (Å²) in [6, 6.07) is 16.6. The maximum absolute atomic E-state index is 13.2. The van der Waals surface area contributed by atoms with Crippen LogP contribution in [0.25, 0.3) is 43.7 Å². The van der Waals surface area contributed by atoms with Crippen molar-refractivity contribution in [3.8, 4) is 11.5 Å². The normalized spacial score (nSPS) is 11.6. The third-order valence-electron chi connectivity index (χ3n) is 11.1. The van der Waals surface area contributed by atoms with Gasteiger partial charge in [0.25, 0.3) is 0 Å². The van der Waals surface area contributed by atoms with Gasteiger partial charge in [-0.15, -0.1) is 23.2 Å². The van der Waals surface area contributed by atoms with E-state index in [4.69, 9.17) is 75.1 Å². The van der Waals surface area contributed by atoms with E-state index in [1.54, 1.807) is 24.3 Å². The van der Waals surface area contributed by atoms with Gasteiger partial charge in [-0.25, -0.2) is 0 Å². The van der Waals surface area contributed by atoms with Crippen molar-refractivity contribution in [1.29, 1.82) is 0 Å². The fourth-order valence-corrected chi connectivity index (χ4v) is 8.52. The van der Waals surface area contributed by atoms with Crippen molar-refractivity contribution in [1.82, 2.24) is 19.4 Å². The molecule has 2 N–H and O–H groups in total. The molecule has 0 radical (unpaired) electrons. The Morgan fingerprint density at radius 1 is 0.639 bits per heavy atom. The van der Waals surface area contributed by atoms with E-state index < -0.39 is 35.7 Å². The topological polar surface area (TPSA) is 155 Å². The van der Waals surface area contributed by atoms with Gasteiger partial charge in [0, 0.05) is 57.7 Å². The molecule has 4 aromatic heterocycles. The molecule has 0 saturated heterocycles. The minimum absolute atomic E-state index is 0. The molecule has 0 aliphatic rings. The van der Waals surface area contributed by atoms with Crippen LogP contribution in [0.5, 0.6) is 11.5 Å². The first-order valence-corrected chi connectivity index (χ1v) is 23.9. The number of carbonyl (C=O) groups is 2. The van der Waals surface area contributed by atoms with Crippen molar-refractivity contribution in [3.63, 3.8) is 0 Å². The second-order valence-corrected chi connectivity index (χ2v) is 17.7. The van der Waals surface area contributed by atoms with Crippen LogP contribution in [-0.2, 0) is 60.7 Å². The smallest absolute Gasteiger partial charge is 0.437 e. The summed E-state index contributed by atoms with van der Waals surface area (Å²) in [5.74, 6) is -0.923. The highest BCUT2D eigenvalue weighted by Gasteiger charge is 2.39. The standard InChI is InChI=1S/2C24H22ClF3N2O4.CH2Cl2.CH4/c2*1-2-4-16-20(6-5-17-22(16)34-29-23(17)24(26,27)28)33-10-3-8-30-9-7-14-11-15(12-21(31)32)18(25)13-19(14)30;2-1-3;/h2*5-7,9,11,13H,2-4,8,10,12H2,1H3,(H,31,32);1H2;1H4. The molecule has 388 valence electrons. The lowest BCUT2D eigenvalue weighted by molar-refractivity contribution is -0.142. The van der Waals surface area contributed by atoms with Crippen molar-refractivity contribution in [2.24, 2.45) is 0 Å². The molecule has 12 nitrogen and oxygen atoms in total. The number of aliphatic carboxylic acids is 2. The number of ether oxygens (including phenoxy) is 2. The van der Waals surface area contributed by atoms with E-state index in [1.165, 1.54) is 24.3 Å². The summed E-state index contributed by atoms with van der Waals surface area (Å²) in [5, 5.41) is 27.1. The van der Waals surface area contributed by atoms with Gasteiger partial charge in [-0.3, -0.25) is 9.59 Å². The molecule has 72 heavy (non-hydrogen) atoms. The summed E-state index contributed by atoms with van der Waals surface area (Å²) >= 11 is 22.0. The summed E-state index contributed by atoms with van der Waals surface area (Å²) < 4.78 is 105. The van der Waals surface area contributed by atoms with E-state index in [-0.39, 0.29) is 47.5 Å². The summed E-state index contributed by atoms with van der Waals surface area (Å²) in [6.07, 6.45) is -2.01. The monoisotopic (exact) mass is 1090 g/mol. The fraction of sp³-hybridized carbons (Fsp3) is 0.360. The number of carboxylic acid groups (broad SMARTS) is 2. The van der Waals surface area contributed by atoms with Gasteiger partial charge in [0.1, 0.15) is 11.5 Å². The Labute approximate surface area is 429 Å². The fourth-order valence-electron chi connectivity index (χ4n) is 8.07. The van der Waals surface area contributed by atoms with Gasteiger partial charge in [0.05, 0.1) is 42.2 Å². The van der Waals surface area contributed by atoms with E-state index in [0.29, 0.717) is 109 Å². The third kappa shape index (κ3) is 13.8. The first kappa shape index (κ1) is 57.1. The van der Waals surface area contributed by atoms with Crippen LogP contribution in [-0.4, -0.2) is 60.2 Å². The van der Waals surface area contributed by atoms with E-state index in [1.807, 2.05) is 47.5 Å². The number of fused-ring (bicyclic) bond motifs is 4. The quantitative estimate of drug-likeness (QED) is 0.0482. The van der Waals surface area contributed by atoms with Crippen molar-refractivity contribution < 1.29 is 64.7 Å². The molecule has 0 bridgehead atoms. The lowest BCUT2D eigenvalue weighted by atomic mass is 10.0. The average molecular weight is 1090 g/mol. The highest BCUT2D eigenvalue weighted by molar-refractivity contribution is 6.40. The number of nitrogens with zero attached hydrogens (tertiary/aromatic N) is 4. The first-order valence-electron chi connectivity index (χ1n) is 22.1. The molecule has 0 atom stereocenters. The molecular formula is C50H50Cl4F6N4O8. The molecule has 8 rings (SSSR count). The van der Waals surface area contributed by atoms with Crippen molar-refractivity contribution in [2.45, 2.75) is 98.1 Å². The number of hydrogen-bond acceptors (Lipinski definition) is 8. The Morgan fingerprint density at radius 2 is 1.01 bits per heavy atom. The van der Waals surface area contributed by atoms with Gasteiger partial charge in [0.15, 0.2) is 22.6 Å². The summed E-state index contributed by atoms with van der Waals surface area (Å²) in [4.78, 5) is 22.0. The first-order chi connectivity index (χ1) is 33.8. The Morgan fingerprint density at radius 3 is 1.35 bits per heavy atom. The second-order valence-electron chi connectivity index (χ2n) is 16.1. The Kier molecular flexibility index (Phi) is 20.0. The van der Waals surface area contributed by atoms with Gasteiger partial charge < -0.3 is 37.9 Å². The van der Waals surface area contributed by atoms with E-state index >= 15 is 0 Å². The zero-order chi connectivity index (χ0) is 51.6. The molecule has 0 aliphatic carbocycles. The van der Waals surface area contributed by atoms with E-state index in [2.05, 4.69) is 10.3 Å². The largest absolute Gasteiger partial charge is 0.493 e. The highest BCUT2D eigenvalue weighted by Crippen LogP contribution is 2.40. The van der Waals surface area contributed by atoms with E-state index in [0.717, 1.165) is 21.8 Å². The minimum atomic E-state index is -4.59.